The highest BCUT2D eigenvalue weighted by molar-refractivity contribution is 4.92. The summed E-state index contributed by atoms with van der Waals surface area (Å²) in [6, 6.07) is 0. The normalized spacial score (nSPS) is 25.7. The Balaban J connectivity index is 2.33. The van der Waals surface area contributed by atoms with E-state index in [1.165, 1.54) is 6.08 Å². The molecule has 0 aromatic heterocycles. The average Bonchev–Trinajstić information content (AvgIpc) is 2.87. The van der Waals surface area contributed by atoms with E-state index in [1.807, 2.05) is 13.8 Å². The van der Waals surface area contributed by atoms with Crippen molar-refractivity contribution < 1.29 is 14.6 Å². The molecule has 0 aromatic rings. The zero-order valence-corrected chi connectivity index (χ0v) is 8.27. The van der Waals surface area contributed by atoms with Gasteiger partial charge in [0.1, 0.15) is 0 Å². The summed E-state index contributed by atoms with van der Waals surface area (Å²) in [5.74, 6) is 0.0416. The Bertz CT molecular complexity index is 164. The summed E-state index contributed by atoms with van der Waals surface area (Å²) in [5.41, 5.74) is 0. The van der Waals surface area contributed by atoms with Gasteiger partial charge in [-0.05, 0) is 13.8 Å². The van der Waals surface area contributed by atoms with Gasteiger partial charge in [0.25, 0.3) is 0 Å². The zero-order valence-electron chi connectivity index (χ0n) is 8.27. The molecular weight excluding hydrogens is 168 g/mol. The maximum absolute atomic E-state index is 9.56. The molecule has 0 unspecified atom stereocenters. The van der Waals surface area contributed by atoms with Crippen LogP contribution in [-0.2, 0) is 9.47 Å². The van der Waals surface area contributed by atoms with Crippen molar-refractivity contribution in [3.63, 3.8) is 0 Å². The Kier molecular flexibility index (Phi) is 3.90. The summed E-state index contributed by atoms with van der Waals surface area (Å²) >= 11 is 0. The average molecular weight is 186 g/mol. The molecule has 0 radical (unpaired) electrons. The minimum atomic E-state index is -0.522. The van der Waals surface area contributed by atoms with Crippen molar-refractivity contribution >= 4 is 0 Å². The van der Waals surface area contributed by atoms with Gasteiger partial charge in [0.05, 0.1) is 31.5 Å². The second kappa shape index (κ2) is 4.74. The summed E-state index contributed by atoms with van der Waals surface area (Å²) in [6.07, 6.45) is 1.37. The van der Waals surface area contributed by atoms with Gasteiger partial charge in [0, 0.05) is 5.92 Å². The van der Waals surface area contributed by atoms with Gasteiger partial charge in [-0.1, -0.05) is 6.08 Å². The summed E-state index contributed by atoms with van der Waals surface area (Å²) in [5, 5.41) is 9.56. The van der Waals surface area contributed by atoms with E-state index in [9.17, 15) is 5.11 Å². The van der Waals surface area contributed by atoms with Crippen LogP contribution in [0.25, 0.3) is 0 Å². The van der Waals surface area contributed by atoms with E-state index >= 15 is 0 Å². The number of hydrogen-bond acceptors (Lipinski definition) is 3. The van der Waals surface area contributed by atoms with Crippen LogP contribution in [0.4, 0.5) is 0 Å². The third-order valence-electron chi connectivity index (χ3n) is 2.14. The highest BCUT2D eigenvalue weighted by atomic mass is 16.6. The third kappa shape index (κ3) is 3.46. The Morgan fingerprint density at radius 1 is 1.69 bits per heavy atom. The molecule has 3 atom stereocenters. The molecule has 0 saturated carbocycles. The molecule has 1 aliphatic rings. The van der Waals surface area contributed by atoms with Crippen LogP contribution < -0.4 is 0 Å². The van der Waals surface area contributed by atoms with Gasteiger partial charge in [0.2, 0.25) is 0 Å². The fraction of sp³-hybridized carbons (Fsp3) is 0.800. The van der Waals surface area contributed by atoms with Gasteiger partial charge >= 0.3 is 0 Å². The van der Waals surface area contributed by atoms with Crippen LogP contribution in [0.3, 0.4) is 0 Å². The summed E-state index contributed by atoms with van der Waals surface area (Å²) < 4.78 is 10.6. The zero-order chi connectivity index (χ0) is 9.84. The second-order valence-electron chi connectivity index (χ2n) is 3.64. The second-order valence-corrected chi connectivity index (χ2v) is 3.64. The van der Waals surface area contributed by atoms with E-state index in [1.54, 1.807) is 0 Å². The molecule has 1 fully saturated rings. The lowest BCUT2D eigenvalue weighted by Gasteiger charge is -2.19. The molecule has 1 heterocycles. The number of epoxide rings is 1. The van der Waals surface area contributed by atoms with Crippen molar-refractivity contribution in [2.45, 2.75) is 32.2 Å². The lowest BCUT2D eigenvalue weighted by molar-refractivity contribution is 0.00693. The molecule has 0 spiro atoms. The topological polar surface area (TPSA) is 42.0 Å². The molecule has 1 N–H and O–H groups in total. The highest BCUT2D eigenvalue weighted by Crippen LogP contribution is 2.24. The van der Waals surface area contributed by atoms with E-state index < -0.39 is 6.10 Å². The predicted octanol–water partition coefficient (Wildman–Crippen LogP) is 0.973. The fourth-order valence-electron chi connectivity index (χ4n) is 1.21. The molecule has 1 saturated heterocycles. The predicted molar refractivity (Wildman–Crippen MR) is 50.5 cm³/mol. The Morgan fingerprint density at radius 3 is 2.69 bits per heavy atom. The summed E-state index contributed by atoms with van der Waals surface area (Å²) in [4.78, 5) is 0. The van der Waals surface area contributed by atoms with E-state index in [0.717, 1.165) is 6.61 Å². The number of rotatable bonds is 6. The van der Waals surface area contributed by atoms with E-state index in [2.05, 4.69) is 6.58 Å². The monoisotopic (exact) mass is 186 g/mol. The first-order valence-electron chi connectivity index (χ1n) is 4.69. The van der Waals surface area contributed by atoms with E-state index in [4.69, 9.17) is 9.47 Å². The molecule has 13 heavy (non-hydrogen) atoms. The third-order valence-corrected chi connectivity index (χ3v) is 2.14. The number of aliphatic hydroxyl groups excluding tert-OH is 1. The molecule has 1 aliphatic heterocycles. The number of ether oxygens (including phenoxy) is 2. The smallest absolute Gasteiger partial charge is 0.0888 e. The van der Waals surface area contributed by atoms with Crippen LogP contribution in [0.15, 0.2) is 12.7 Å². The van der Waals surface area contributed by atoms with Crippen LogP contribution in [0, 0.1) is 5.92 Å². The lowest BCUT2D eigenvalue weighted by atomic mass is 10.00. The first-order valence-corrected chi connectivity index (χ1v) is 4.69. The van der Waals surface area contributed by atoms with Crippen molar-refractivity contribution in [3.8, 4) is 0 Å². The van der Waals surface area contributed by atoms with Gasteiger partial charge in [-0.2, -0.15) is 0 Å². The summed E-state index contributed by atoms with van der Waals surface area (Å²) in [7, 11) is 0. The molecule has 3 heteroatoms. The van der Waals surface area contributed by atoms with Crippen LogP contribution in [0.5, 0.6) is 0 Å². The molecule has 0 aliphatic carbocycles. The fourth-order valence-corrected chi connectivity index (χ4v) is 1.21. The molecular formula is C10H18O3. The first-order chi connectivity index (χ1) is 6.15. The molecule has 1 rings (SSSR count). The van der Waals surface area contributed by atoms with E-state index in [0.29, 0.717) is 6.61 Å². The maximum atomic E-state index is 9.56. The van der Waals surface area contributed by atoms with Gasteiger partial charge < -0.3 is 14.6 Å². The molecule has 3 nitrogen and oxygen atoms in total. The number of aliphatic hydroxyl groups is 1. The summed E-state index contributed by atoms with van der Waals surface area (Å²) in [6.45, 7) is 8.78. The van der Waals surface area contributed by atoms with Crippen molar-refractivity contribution in [2.75, 3.05) is 13.2 Å². The standard InChI is InChI=1S/C10H18O3/c1-4-9(11)8(10-6-13-10)5-12-7(2)3/h4,7-11H,1,5-6H2,2-3H3/t8-,9-,10-/m0/s1. The quantitative estimate of drug-likeness (QED) is 0.496. The first kappa shape index (κ1) is 10.7. The molecule has 0 aromatic carbocycles. The number of hydrogen-bond donors (Lipinski definition) is 1. The largest absolute Gasteiger partial charge is 0.389 e. The van der Waals surface area contributed by atoms with Crippen LogP contribution >= 0.6 is 0 Å². The van der Waals surface area contributed by atoms with Crippen LogP contribution in [-0.4, -0.2) is 36.6 Å². The van der Waals surface area contributed by atoms with Crippen molar-refractivity contribution in [1.82, 2.24) is 0 Å². The van der Waals surface area contributed by atoms with Crippen molar-refractivity contribution in [3.05, 3.63) is 12.7 Å². The van der Waals surface area contributed by atoms with Crippen LogP contribution in [0.1, 0.15) is 13.8 Å². The highest BCUT2D eigenvalue weighted by Gasteiger charge is 2.36. The molecule has 0 amide bonds. The van der Waals surface area contributed by atoms with Gasteiger partial charge in [-0.25, -0.2) is 0 Å². The van der Waals surface area contributed by atoms with E-state index in [-0.39, 0.29) is 18.1 Å². The van der Waals surface area contributed by atoms with Crippen molar-refractivity contribution in [1.29, 1.82) is 0 Å². The molecule has 76 valence electrons. The Hall–Kier alpha value is -0.380. The van der Waals surface area contributed by atoms with Crippen LogP contribution in [0.2, 0.25) is 0 Å². The minimum Gasteiger partial charge on any atom is -0.389 e. The Labute approximate surface area is 79.3 Å². The van der Waals surface area contributed by atoms with Gasteiger partial charge in [0.15, 0.2) is 0 Å². The lowest BCUT2D eigenvalue weighted by Crippen LogP contribution is -2.29. The maximum Gasteiger partial charge on any atom is 0.0888 e. The van der Waals surface area contributed by atoms with Gasteiger partial charge in [-0.3, -0.25) is 0 Å². The Morgan fingerprint density at radius 2 is 2.31 bits per heavy atom. The minimum absolute atomic E-state index is 0.0416. The molecule has 0 bridgehead atoms. The van der Waals surface area contributed by atoms with Crippen molar-refractivity contribution in [2.24, 2.45) is 5.92 Å². The van der Waals surface area contributed by atoms with Gasteiger partial charge in [-0.15, -0.1) is 6.58 Å². The SMILES string of the molecule is C=C[C@H](O)[C@H](COC(C)C)[C@@H]1CO1.